The predicted octanol–water partition coefficient (Wildman–Crippen LogP) is 2.43. The van der Waals surface area contributed by atoms with Crippen LogP contribution in [0.2, 0.25) is 0 Å². The van der Waals surface area contributed by atoms with Crippen molar-refractivity contribution in [1.29, 1.82) is 0 Å². The number of carbonyl (C=O) groups is 1. The predicted molar refractivity (Wildman–Crippen MR) is 99.4 cm³/mol. The van der Waals surface area contributed by atoms with Crippen molar-refractivity contribution >= 4 is 22.7 Å². The zero-order valence-electron chi connectivity index (χ0n) is 15.3. The molecule has 5 rings (SSSR count). The molecule has 8 heteroatoms. The van der Waals surface area contributed by atoms with Crippen LogP contribution in [0.25, 0.3) is 0 Å². The van der Waals surface area contributed by atoms with E-state index in [4.69, 9.17) is 4.98 Å². The van der Waals surface area contributed by atoms with Gasteiger partial charge < -0.3 is 14.7 Å². The first-order valence-corrected chi connectivity index (χ1v) is 9.88. The van der Waals surface area contributed by atoms with E-state index in [0.29, 0.717) is 6.54 Å². The van der Waals surface area contributed by atoms with Gasteiger partial charge in [-0.15, -0.1) is 0 Å². The van der Waals surface area contributed by atoms with Crippen molar-refractivity contribution in [3.63, 3.8) is 0 Å². The molecule has 0 radical (unpaired) electrons. The summed E-state index contributed by atoms with van der Waals surface area (Å²) in [6, 6.07) is 2.70. The van der Waals surface area contributed by atoms with E-state index in [2.05, 4.69) is 32.1 Å². The van der Waals surface area contributed by atoms with Crippen LogP contribution in [0.5, 0.6) is 0 Å². The largest absolute Gasteiger partial charge is 0.343 e. The van der Waals surface area contributed by atoms with Crippen molar-refractivity contribution in [1.82, 2.24) is 24.1 Å². The van der Waals surface area contributed by atoms with E-state index >= 15 is 0 Å². The van der Waals surface area contributed by atoms with Crippen LogP contribution in [0, 0.1) is 20.8 Å². The number of urea groups is 1. The van der Waals surface area contributed by atoms with Gasteiger partial charge >= 0.3 is 6.03 Å². The van der Waals surface area contributed by atoms with Gasteiger partial charge in [0.15, 0.2) is 0 Å². The lowest BCUT2D eigenvalue weighted by Gasteiger charge is -2.49. The standard InChI is InChI=1S/C18H22N6OS/c1-10-6-11(2)19-16-14(10)9-24-15(16)4-5-23(18(24)25)13-7-22(8-13)17-20-12(3)21-26-17/h6,13,15H,4-5,7-9H2,1-3H3. The Morgan fingerprint density at radius 2 is 1.96 bits per heavy atom. The monoisotopic (exact) mass is 370 g/mol. The topological polar surface area (TPSA) is 65.5 Å². The summed E-state index contributed by atoms with van der Waals surface area (Å²) in [7, 11) is 0. The summed E-state index contributed by atoms with van der Waals surface area (Å²) >= 11 is 1.44. The van der Waals surface area contributed by atoms with Gasteiger partial charge in [0.1, 0.15) is 5.82 Å². The van der Waals surface area contributed by atoms with Crippen LogP contribution in [0.15, 0.2) is 6.07 Å². The third-order valence-electron chi connectivity index (χ3n) is 5.75. The first kappa shape index (κ1) is 16.0. The van der Waals surface area contributed by atoms with Gasteiger partial charge in [-0.25, -0.2) is 9.78 Å². The molecular formula is C18H22N6OS. The quantitative estimate of drug-likeness (QED) is 0.812. The van der Waals surface area contributed by atoms with E-state index in [-0.39, 0.29) is 18.1 Å². The van der Waals surface area contributed by atoms with Crippen LogP contribution in [0.1, 0.15) is 40.8 Å². The molecule has 3 aliphatic heterocycles. The normalized spacial score (nSPS) is 22.5. The highest BCUT2D eigenvalue weighted by Crippen LogP contribution is 2.41. The van der Waals surface area contributed by atoms with Gasteiger partial charge in [0.25, 0.3) is 0 Å². The Balaban J connectivity index is 1.31. The van der Waals surface area contributed by atoms with E-state index < -0.39 is 0 Å². The van der Waals surface area contributed by atoms with Crippen molar-refractivity contribution in [3.8, 4) is 0 Å². The number of amides is 2. The molecule has 2 amide bonds. The second-order valence-corrected chi connectivity index (χ2v) is 8.27. The van der Waals surface area contributed by atoms with Crippen LogP contribution in [-0.4, -0.2) is 55.8 Å². The smallest absolute Gasteiger partial charge is 0.321 e. The highest BCUT2D eigenvalue weighted by molar-refractivity contribution is 7.09. The maximum atomic E-state index is 13.1. The molecule has 1 unspecified atom stereocenters. The molecule has 5 heterocycles. The number of carbonyl (C=O) groups excluding carboxylic acids is 1. The molecule has 2 fully saturated rings. The van der Waals surface area contributed by atoms with E-state index in [1.54, 1.807) is 0 Å². The number of fused-ring (bicyclic) bond motifs is 3. The molecule has 7 nitrogen and oxygen atoms in total. The lowest BCUT2D eigenvalue weighted by atomic mass is 10.0. The average molecular weight is 370 g/mol. The van der Waals surface area contributed by atoms with Crippen LogP contribution in [0.3, 0.4) is 0 Å². The molecule has 0 spiro atoms. The molecule has 0 N–H and O–H groups in total. The fraction of sp³-hybridized carbons (Fsp3) is 0.556. The number of aryl methyl sites for hydroxylation is 3. The second kappa shape index (κ2) is 5.64. The van der Waals surface area contributed by atoms with Crippen LogP contribution >= 0.6 is 11.5 Å². The Morgan fingerprint density at radius 3 is 2.69 bits per heavy atom. The number of anilines is 1. The molecule has 2 aromatic heterocycles. The van der Waals surface area contributed by atoms with Gasteiger partial charge in [-0.1, -0.05) is 0 Å². The molecule has 0 aromatic carbocycles. The Morgan fingerprint density at radius 1 is 1.15 bits per heavy atom. The fourth-order valence-corrected chi connectivity index (χ4v) is 5.07. The highest BCUT2D eigenvalue weighted by atomic mass is 32.1. The molecule has 2 saturated heterocycles. The summed E-state index contributed by atoms with van der Waals surface area (Å²) in [4.78, 5) is 28.6. The minimum atomic E-state index is 0.148. The Labute approximate surface area is 156 Å². The van der Waals surface area contributed by atoms with Crippen molar-refractivity contribution < 1.29 is 4.79 Å². The zero-order valence-corrected chi connectivity index (χ0v) is 16.1. The maximum absolute atomic E-state index is 13.1. The second-order valence-electron chi connectivity index (χ2n) is 7.54. The SMILES string of the molecule is Cc1cc(C)c2c(n1)C1CCN(C3CN(c4nc(C)ns4)C3)C(=O)N1C2. The first-order chi connectivity index (χ1) is 12.5. The lowest BCUT2D eigenvalue weighted by molar-refractivity contribution is 0.0757. The molecule has 136 valence electrons. The van der Waals surface area contributed by atoms with E-state index in [9.17, 15) is 4.79 Å². The molecule has 26 heavy (non-hydrogen) atoms. The molecule has 0 bridgehead atoms. The van der Waals surface area contributed by atoms with Crippen molar-refractivity contribution in [2.45, 2.75) is 45.8 Å². The van der Waals surface area contributed by atoms with Gasteiger partial charge in [-0.05, 0) is 44.4 Å². The van der Waals surface area contributed by atoms with E-state index in [1.165, 1.54) is 22.7 Å². The minimum Gasteiger partial charge on any atom is -0.343 e. The molecule has 1 atom stereocenters. The van der Waals surface area contributed by atoms with Gasteiger partial charge in [0.2, 0.25) is 5.13 Å². The maximum Gasteiger partial charge on any atom is 0.321 e. The van der Waals surface area contributed by atoms with Gasteiger partial charge in [-0.2, -0.15) is 4.37 Å². The Hall–Kier alpha value is -2.22. The van der Waals surface area contributed by atoms with Crippen LogP contribution in [-0.2, 0) is 6.54 Å². The molecular weight excluding hydrogens is 348 g/mol. The molecule has 0 saturated carbocycles. The summed E-state index contributed by atoms with van der Waals surface area (Å²) in [5.74, 6) is 0.818. The summed E-state index contributed by atoms with van der Waals surface area (Å²) in [6.07, 6.45) is 0.961. The third kappa shape index (κ3) is 2.31. The number of hydrogen-bond donors (Lipinski definition) is 0. The summed E-state index contributed by atoms with van der Waals surface area (Å²) < 4.78 is 4.25. The Kier molecular flexibility index (Phi) is 3.47. The van der Waals surface area contributed by atoms with E-state index in [1.807, 2.05) is 18.7 Å². The summed E-state index contributed by atoms with van der Waals surface area (Å²) in [5, 5.41) is 0.963. The number of aromatic nitrogens is 3. The summed E-state index contributed by atoms with van der Waals surface area (Å²) in [5.41, 5.74) is 4.66. The van der Waals surface area contributed by atoms with Crippen LogP contribution in [0.4, 0.5) is 9.93 Å². The average Bonchev–Trinajstić information content (AvgIpc) is 3.13. The fourth-order valence-electron chi connectivity index (χ4n) is 4.38. The first-order valence-electron chi connectivity index (χ1n) is 9.11. The van der Waals surface area contributed by atoms with Gasteiger partial charge in [-0.3, -0.25) is 4.98 Å². The Bertz CT molecular complexity index is 890. The number of nitrogens with zero attached hydrogens (tertiary/aromatic N) is 6. The van der Waals surface area contributed by atoms with Crippen molar-refractivity contribution in [2.75, 3.05) is 24.5 Å². The minimum absolute atomic E-state index is 0.148. The van der Waals surface area contributed by atoms with Gasteiger partial charge in [0, 0.05) is 36.9 Å². The number of hydrogen-bond acceptors (Lipinski definition) is 6. The van der Waals surface area contributed by atoms with Crippen molar-refractivity contribution in [3.05, 3.63) is 34.4 Å². The van der Waals surface area contributed by atoms with Crippen LogP contribution < -0.4 is 4.90 Å². The van der Waals surface area contributed by atoms with E-state index in [0.717, 1.165) is 48.4 Å². The zero-order chi connectivity index (χ0) is 18.0. The molecule has 0 aliphatic carbocycles. The molecule has 2 aromatic rings. The van der Waals surface area contributed by atoms with Crippen molar-refractivity contribution in [2.24, 2.45) is 0 Å². The third-order valence-corrected chi connectivity index (χ3v) is 6.62. The number of rotatable bonds is 2. The molecule has 3 aliphatic rings. The number of pyridine rings is 1. The highest BCUT2D eigenvalue weighted by Gasteiger charge is 2.45. The summed E-state index contributed by atoms with van der Waals surface area (Å²) in [6.45, 7) is 9.27. The lowest BCUT2D eigenvalue weighted by Crippen LogP contribution is -2.64. The van der Waals surface area contributed by atoms with Gasteiger partial charge in [0.05, 0.1) is 24.3 Å².